The molecule has 8 nitrogen and oxygen atoms in total. The molecule has 2 aromatic carbocycles. The van der Waals surface area contributed by atoms with Gasteiger partial charge in [-0.05, 0) is 49.4 Å². The van der Waals surface area contributed by atoms with Crippen molar-refractivity contribution in [3.63, 3.8) is 0 Å². The molecule has 0 aliphatic heterocycles. The Morgan fingerprint density at radius 2 is 1.58 bits per heavy atom. The lowest BCUT2D eigenvalue weighted by atomic mass is 9.98. The Bertz CT molecular complexity index is 984. The lowest BCUT2D eigenvalue weighted by molar-refractivity contribution is -0.142. The third-order valence-corrected chi connectivity index (χ3v) is 5.46. The van der Waals surface area contributed by atoms with Gasteiger partial charge in [0, 0.05) is 19.5 Å². The number of nitrogens with one attached hydrogen (secondary N) is 1. The quantitative estimate of drug-likeness (QED) is 0.649. The van der Waals surface area contributed by atoms with Crippen LogP contribution in [0.5, 0.6) is 0 Å². The van der Waals surface area contributed by atoms with Crippen LogP contribution in [0.1, 0.15) is 44.2 Å². The molecule has 176 valence electrons. The molecule has 1 aliphatic rings. The van der Waals surface area contributed by atoms with E-state index in [1.165, 1.54) is 7.05 Å². The number of rotatable bonds is 7. The zero-order valence-electron chi connectivity index (χ0n) is 19.3. The second kappa shape index (κ2) is 9.94. The van der Waals surface area contributed by atoms with Crippen LogP contribution in [0, 0.1) is 0 Å². The van der Waals surface area contributed by atoms with Gasteiger partial charge in [0.1, 0.15) is 18.2 Å². The highest BCUT2D eigenvalue weighted by Crippen LogP contribution is 2.44. The van der Waals surface area contributed by atoms with E-state index in [0.29, 0.717) is 0 Å². The fourth-order valence-corrected chi connectivity index (χ4v) is 3.93. The number of alkyl carbamates (subject to hydrolysis) is 1. The maximum Gasteiger partial charge on any atom is 0.410 e. The molecule has 0 spiro atoms. The Balaban J connectivity index is 1.60. The number of hydrogen-bond acceptors (Lipinski definition) is 5. The molecule has 0 fully saturated rings. The maximum atomic E-state index is 12.7. The number of benzene rings is 2. The van der Waals surface area contributed by atoms with Gasteiger partial charge in [-0.25, -0.2) is 14.4 Å². The summed E-state index contributed by atoms with van der Waals surface area (Å²) in [6, 6.07) is 14.8. The number of likely N-dealkylation sites (N-methyl/N-ethyl adjacent to an activating group) is 1. The van der Waals surface area contributed by atoms with E-state index in [-0.39, 0.29) is 25.5 Å². The van der Waals surface area contributed by atoms with E-state index < -0.39 is 29.8 Å². The maximum absolute atomic E-state index is 12.7. The molecule has 0 unspecified atom stereocenters. The molecule has 1 aliphatic carbocycles. The lowest BCUT2D eigenvalue weighted by Gasteiger charge is -2.25. The van der Waals surface area contributed by atoms with Crippen LogP contribution in [0.25, 0.3) is 11.1 Å². The molecule has 8 heteroatoms. The van der Waals surface area contributed by atoms with Gasteiger partial charge >= 0.3 is 18.2 Å². The Morgan fingerprint density at radius 3 is 2.09 bits per heavy atom. The summed E-state index contributed by atoms with van der Waals surface area (Å²) < 4.78 is 10.7. The van der Waals surface area contributed by atoms with Gasteiger partial charge < -0.3 is 19.9 Å². The van der Waals surface area contributed by atoms with E-state index in [4.69, 9.17) is 9.47 Å². The fraction of sp³-hybridized carbons (Fsp3) is 0.400. The first-order valence-electron chi connectivity index (χ1n) is 10.9. The van der Waals surface area contributed by atoms with Crippen LogP contribution < -0.4 is 5.32 Å². The van der Waals surface area contributed by atoms with Gasteiger partial charge in [-0.2, -0.15) is 0 Å². The van der Waals surface area contributed by atoms with Gasteiger partial charge in [0.2, 0.25) is 0 Å². The van der Waals surface area contributed by atoms with Crippen LogP contribution in [0.3, 0.4) is 0 Å². The van der Waals surface area contributed by atoms with E-state index in [2.05, 4.69) is 5.32 Å². The minimum absolute atomic E-state index is 0.00920. The largest absolute Gasteiger partial charge is 0.480 e. The van der Waals surface area contributed by atoms with Crippen molar-refractivity contribution >= 4 is 18.2 Å². The van der Waals surface area contributed by atoms with E-state index in [0.717, 1.165) is 27.2 Å². The molecular weight excluding hydrogens is 424 g/mol. The first-order valence-corrected chi connectivity index (χ1v) is 10.9. The topological polar surface area (TPSA) is 105 Å². The molecule has 2 N–H and O–H groups in total. The summed E-state index contributed by atoms with van der Waals surface area (Å²) in [4.78, 5) is 37.3. The monoisotopic (exact) mass is 454 g/mol. The molecule has 2 amide bonds. The van der Waals surface area contributed by atoms with Gasteiger partial charge in [0.25, 0.3) is 0 Å². The SMILES string of the molecule is CN(C(=O)OCC1c2ccccc2-c2ccccc21)[C@H](CCNC(=O)OC(C)(C)C)C(=O)O. The minimum atomic E-state index is -1.18. The Kier molecular flexibility index (Phi) is 7.26. The highest BCUT2D eigenvalue weighted by atomic mass is 16.6. The van der Waals surface area contributed by atoms with Crippen molar-refractivity contribution in [1.29, 1.82) is 0 Å². The zero-order chi connectivity index (χ0) is 24.2. The van der Waals surface area contributed by atoms with Crippen molar-refractivity contribution in [2.24, 2.45) is 0 Å². The molecule has 0 radical (unpaired) electrons. The molecule has 0 bridgehead atoms. The van der Waals surface area contributed by atoms with Gasteiger partial charge in [0.15, 0.2) is 0 Å². The summed E-state index contributed by atoms with van der Waals surface area (Å²) in [6.45, 7) is 5.33. The van der Waals surface area contributed by atoms with Crippen LogP contribution in [-0.2, 0) is 14.3 Å². The molecule has 0 saturated heterocycles. The average Bonchev–Trinajstić information content (AvgIpc) is 3.07. The summed E-state index contributed by atoms with van der Waals surface area (Å²) in [5, 5.41) is 12.1. The smallest absolute Gasteiger partial charge is 0.410 e. The third kappa shape index (κ3) is 5.83. The zero-order valence-corrected chi connectivity index (χ0v) is 19.3. The van der Waals surface area contributed by atoms with Crippen molar-refractivity contribution in [1.82, 2.24) is 10.2 Å². The van der Waals surface area contributed by atoms with Gasteiger partial charge in [-0.1, -0.05) is 48.5 Å². The number of amides is 2. The summed E-state index contributed by atoms with van der Waals surface area (Å²) in [5.41, 5.74) is 3.71. The average molecular weight is 455 g/mol. The fourth-order valence-electron chi connectivity index (χ4n) is 3.93. The highest BCUT2D eigenvalue weighted by Gasteiger charge is 2.32. The molecule has 1 atom stereocenters. The predicted molar refractivity (Wildman–Crippen MR) is 123 cm³/mol. The Labute approximate surface area is 193 Å². The van der Waals surface area contributed by atoms with Gasteiger partial charge in [-0.3, -0.25) is 4.90 Å². The summed E-state index contributed by atoms with van der Waals surface area (Å²) in [6.07, 6.45) is -1.37. The molecule has 0 heterocycles. The number of carboxylic acids is 1. The van der Waals surface area contributed by atoms with Gasteiger partial charge in [-0.15, -0.1) is 0 Å². The van der Waals surface area contributed by atoms with Crippen LogP contribution in [0.4, 0.5) is 9.59 Å². The van der Waals surface area contributed by atoms with Gasteiger partial charge in [0.05, 0.1) is 0 Å². The number of nitrogens with zero attached hydrogens (tertiary/aromatic N) is 1. The van der Waals surface area contributed by atoms with Crippen LogP contribution in [0.2, 0.25) is 0 Å². The third-order valence-electron chi connectivity index (χ3n) is 5.46. The highest BCUT2D eigenvalue weighted by molar-refractivity contribution is 5.81. The molecule has 2 aromatic rings. The van der Waals surface area contributed by atoms with E-state index in [9.17, 15) is 19.5 Å². The first-order chi connectivity index (χ1) is 15.6. The van der Waals surface area contributed by atoms with Crippen LogP contribution in [0.15, 0.2) is 48.5 Å². The second-order valence-corrected chi connectivity index (χ2v) is 8.99. The summed E-state index contributed by atoms with van der Waals surface area (Å²) in [7, 11) is 1.38. The van der Waals surface area contributed by atoms with Crippen molar-refractivity contribution in [3.8, 4) is 11.1 Å². The minimum Gasteiger partial charge on any atom is -0.480 e. The molecule has 33 heavy (non-hydrogen) atoms. The molecule has 3 rings (SSSR count). The first kappa shape index (κ1) is 24.1. The van der Waals surface area contributed by atoms with E-state index in [1.807, 2.05) is 48.5 Å². The predicted octanol–water partition coefficient (Wildman–Crippen LogP) is 4.24. The number of carbonyl (C=O) groups is 3. The Hall–Kier alpha value is -3.55. The van der Waals surface area contributed by atoms with E-state index in [1.54, 1.807) is 20.8 Å². The number of aliphatic carboxylic acids is 1. The van der Waals surface area contributed by atoms with Crippen molar-refractivity contribution in [2.75, 3.05) is 20.2 Å². The van der Waals surface area contributed by atoms with Crippen molar-refractivity contribution in [3.05, 3.63) is 59.7 Å². The molecule has 0 saturated carbocycles. The second-order valence-electron chi connectivity index (χ2n) is 8.99. The Morgan fingerprint density at radius 1 is 1.03 bits per heavy atom. The number of carboxylic acid groups (broad SMARTS) is 1. The molecule has 0 aromatic heterocycles. The number of ether oxygens (including phenoxy) is 2. The number of carbonyl (C=O) groups excluding carboxylic acids is 2. The number of hydrogen-bond donors (Lipinski definition) is 2. The standard InChI is InChI=1S/C25H30N2O6/c1-25(2,3)33-23(30)26-14-13-21(22(28)29)27(4)24(31)32-15-20-18-11-7-5-9-16(18)17-10-6-8-12-19(17)20/h5-12,20-21H,13-15H2,1-4H3,(H,26,30)(H,28,29)/t21-/m1/s1. The normalized spacial score (nSPS) is 13.5. The van der Waals surface area contributed by atoms with Crippen molar-refractivity contribution < 1.29 is 29.0 Å². The molecular formula is C25H30N2O6. The number of fused-ring (bicyclic) bond motifs is 3. The van der Waals surface area contributed by atoms with Crippen LogP contribution in [-0.4, -0.2) is 60.0 Å². The van der Waals surface area contributed by atoms with Crippen LogP contribution >= 0.6 is 0 Å². The summed E-state index contributed by atoms with van der Waals surface area (Å²) >= 11 is 0. The lowest BCUT2D eigenvalue weighted by Crippen LogP contribution is -2.45. The summed E-state index contributed by atoms with van der Waals surface area (Å²) in [5.74, 6) is -1.30. The van der Waals surface area contributed by atoms with E-state index >= 15 is 0 Å². The van der Waals surface area contributed by atoms with Crippen molar-refractivity contribution in [2.45, 2.75) is 44.8 Å².